The molecule has 6 heteroatoms. The summed E-state index contributed by atoms with van der Waals surface area (Å²) < 4.78 is 10.3. The molecule has 3 aromatic carbocycles. The van der Waals surface area contributed by atoms with E-state index in [0.29, 0.717) is 5.71 Å². The van der Waals surface area contributed by atoms with Gasteiger partial charge in [0, 0.05) is 56.4 Å². The topological polar surface area (TPSA) is 44.9 Å². The van der Waals surface area contributed by atoms with E-state index in [2.05, 4.69) is 107 Å². The molecule has 42 heavy (non-hydrogen) atoms. The fourth-order valence-corrected chi connectivity index (χ4v) is 4.93. The Morgan fingerprint density at radius 3 is 2.48 bits per heavy atom. The Balaban J connectivity index is 0.000000189. The largest absolute Gasteiger partial charge is 0.495 e. The molecule has 0 N–H and O–H groups in total. The van der Waals surface area contributed by atoms with Crippen molar-refractivity contribution in [2.24, 2.45) is 0 Å². The van der Waals surface area contributed by atoms with Gasteiger partial charge in [0.15, 0.2) is 12.2 Å². The second-order valence-corrected chi connectivity index (χ2v) is 10.4. The molecule has 0 spiro atoms. The van der Waals surface area contributed by atoms with Crippen LogP contribution in [0.2, 0.25) is 0 Å². The van der Waals surface area contributed by atoms with Gasteiger partial charge in [0.1, 0.15) is 0 Å². The van der Waals surface area contributed by atoms with Gasteiger partial charge in [-0.2, -0.15) is 12.1 Å². The molecule has 211 valence electrons. The summed E-state index contributed by atoms with van der Waals surface area (Å²) >= 11 is 0. The third-order valence-corrected chi connectivity index (χ3v) is 7.40. The van der Waals surface area contributed by atoms with Crippen molar-refractivity contribution < 1.29 is 29.1 Å². The van der Waals surface area contributed by atoms with Crippen LogP contribution < -0.4 is 4.58 Å². The maximum atomic E-state index is 6.08. The van der Waals surface area contributed by atoms with Crippen molar-refractivity contribution in [1.82, 2.24) is 14.5 Å². The zero-order valence-corrected chi connectivity index (χ0v) is 26.6. The zero-order valence-electron chi connectivity index (χ0n) is 24.2. The third kappa shape index (κ3) is 5.75. The molecule has 0 aliphatic carbocycles. The minimum atomic E-state index is 0. The van der Waals surface area contributed by atoms with Crippen LogP contribution in [0.1, 0.15) is 36.5 Å². The van der Waals surface area contributed by atoms with Gasteiger partial charge in [0.25, 0.3) is 11.4 Å². The van der Waals surface area contributed by atoms with Crippen LogP contribution >= 0.6 is 0 Å². The molecule has 0 bridgehead atoms. The van der Waals surface area contributed by atoms with E-state index in [1.807, 2.05) is 36.5 Å². The minimum absolute atomic E-state index is 0. The van der Waals surface area contributed by atoms with E-state index in [1.165, 1.54) is 22.4 Å². The van der Waals surface area contributed by atoms with Gasteiger partial charge in [0.2, 0.25) is 5.71 Å². The van der Waals surface area contributed by atoms with E-state index in [9.17, 15) is 0 Å². The number of furan rings is 1. The standard InChI is InChI=1S/C22H18N3O.C14H14N.Ir/c1-2-3-14-24-15-25(19-11-5-4-10-18(19)24)20-12-6-8-16-17-9-7-13-23-22(17)26-21(16)20;1-10-4-6-13(7-5-10)14-8-11(2)12(3)9-15-14;/h4-11,13H,2-3,14H2,1H3;4-6,8-9H,1-3H3;/q+1;-1;. The Kier molecular flexibility index (Phi) is 8.89. The molecule has 3 aromatic heterocycles. The van der Waals surface area contributed by atoms with Crippen LogP contribution in [0, 0.1) is 32.9 Å². The molecule has 1 radical (unpaired) electrons. The smallest absolute Gasteiger partial charge is 0.494 e. The fraction of sp³-hybridized carbons (Fsp3) is 0.194. The van der Waals surface area contributed by atoms with Crippen molar-refractivity contribution in [3.8, 4) is 11.3 Å². The molecule has 1 aliphatic heterocycles. The van der Waals surface area contributed by atoms with E-state index in [-0.39, 0.29) is 20.1 Å². The van der Waals surface area contributed by atoms with Gasteiger partial charge in [-0.1, -0.05) is 58.6 Å². The molecular formula is C36H32IrN4O. The summed E-state index contributed by atoms with van der Waals surface area (Å²) in [6.07, 6.45) is 5.94. The summed E-state index contributed by atoms with van der Waals surface area (Å²) in [5.41, 5.74) is 10.4. The Labute approximate surface area is 260 Å². The van der Waals surface area contributed by atoms with E-state index < -0.39 is 0 Å². The number of aryl methyl sites for hydroxylation is 3. The summed E-state index contributed by atoms with van der Waals surface area (Å²) in [4.78, 5) is 8.76. The maximum Gasteiger partial charge on any atom is 0.494 e. The SMILES string of the molecule is CCCC[N+]1=C=[N+](c2[c-]ccc3c2oc2ncccc23)c2ccccc21.Cc1c[c-]c(-c2cc(C)c(C)cn2)cc1.[Ir]. The second-order valence-electron chi connectivity index (χ2n) is 10.4. The molecule has 0 atom stereocenters. The van der Waals surface area contributed by atoms with Gasteiger partial charge in [0.05, 0.1) is 5.58 Å². The molecule has 5 nitrogen and oxygen atoms in total. The molecule has 1 aliphatic rings. The van der Waals surface area contributed by atoms with Gasteiger partial charge < -0.3 is 9.40 Å². The van der Waals surface area contributed by atoms with Crippen molar-refractivity contribution in [1.29, 1.82) is 0 Å². The molecule has 0 amide bonds. The van der Waals surface area contributed by atoms with Gasteiger partial charge in [-0.15, -0.1) is 41.5 Å². The van der Waals surface area contributed by atoms with Crippen molar-refractivity contribution in [2.45, 2.75) is 40.5 Å². The normalized spacial score (nSPS) is 11.8. The first-order chi connectivity index (χ1) is 20.0. The van der Waals surface area contributed by atoms with Crippen molar-refractivity contribution >= 4 is 45.1 Å². The van der Waals surface area contributed by atoms with Crippen LogP contribution in [-0.4, -0.2) is 27.1 Å². The fourth-order valence-electron chi connectivity index (χ4n) is 4.93. The number of para-hydroxylation sites is 2. The van der Waals surface area contributed by atoms with E-state index in [4.69, 9.17) is 4.42 Å². The van der Waals surface area contributed by atoms with Crippen LogP contribution in [-0.2, 0) is 20.1 Å². The van der Waals surface area contributed by atoms with Crippen LogP contribution in [0.15, 0.2) is 89.6 Å². The van der Waals surface area contributed by atoms with Crippen molar-refractivity contribution in [3.63, 3.8) is 0 Å². The summed E-state index contributed by atoms with van der Waals surface area (Å²) in [5.74, 6) is 0. The van der Waals surface area contributed by atoms with Gasteiger partial charge in [-0.25, -0.2) is 4.98 Å². The molecule has 0 unspecified atom stereocenters. The van der Waals surface area contributed by atoms with Gasteiger partial charge >= 0.3 is 6.01 Å². The van der Waals surface area contributed by atoms with Crippen molar-refractivity contribution in [2.75, 3.05) is 6.54 Å². The van der Waals surface area contributed by atoms with Crippen LogP contribution in [0.25, 0.3) is 33.3 Å². The summed E-state index contributed by atoms with van der Waals surface area (Å²) in [5, 5.41) is 2.07. The molecule has 0 fully saturated rings. The Morgan fingerprint density at radius 1 is 0.881 bits per heavy atom. The minimum Gasteiger partial charge on any atom is -0.495 e. The molecule has 0 saturated carbocycles. The predicted molar refractivity (Wildman–Crippen MR) is 166 cm³/mol. The molecule has 0 saturated heterocycles. The second kappa shape index (κ2) is 12.8. The number of hydrogen-bond donors (Lipinski definition) is 0. The van der Waals surface area contributed by atoms with Crippen LogP contribution in [0.5, 0.6) is 0 Å². The molecular weight excluding hydrogens is 697 g/mol. The van der Waals surface area contributed by atoms with Gasteiger partial charge in [-0.3, -0.25) is 0 Å². The molecule has 6 aromatic rings. The van der Waals surface area contributed by atoms with Gasteiger partial charge in [-0.05, 0) is 37.2 Å². The first kappa shape index (κ1) is 29.3. The number of unbranched alkanes of at least 4 members (excludes halogenated alkanes) is 1. The summed E-state index contributed by atoms with van der Waals surface area (Å²) in [6.45, 7) is 9.39. The number of pyridine rings is 2. The number of nitrogens with zero attached hydrogens (tertiary/aromatic N) is 4. The third-order valence-electron chi connectivity index (χ3n) is 7.40. The van der Waals surface area contributed by atoms with Crippen molar-refractivity contribution in [3.05, 3.63) is 114 Å². The van der Waals surface area contributed by atoms with Crippen LogP contribution in [0.4, 0.5) is 17.1 Å². The van der Waals surface area contributed by atoms with E-state index >= 15 is 0 Å². The number of rotatable bonds is 5. The number of benzene rings is 3. The Hall–Kier alpha value is -4.21. The van der Waals surface area contributed by atoms with Crippen LogP contribution in [0.3, 0.4) is 0 Å². The average Bonchev–Trinajstić information content (AvgIpc) is 3.57. The molecule has 7 rings (SSSR count). The average molecular weight is 729 g/mol. The predicted octanol–water partition coefficient (Wildman–Crippen LogP) is 8.72. The Bertz CT molecular complexity index is 1950. The number of aromatic nitrogens is 2. The summed E-state index contributed by atoms with van der Waals surface area (Å²) in [6, 6.07) is 34.6. The summed E-state index contributed by atoms with van der Waals surface area (Å²) in [7, 11) is 0. The first-order valence-corrected chi connectivity index (χ1v) is 14.1. The maximum absolute atomic E-state index is 6.08. The first-order valence-electron chi connectivity index (χ1n) is 14.1. The number of hydrogen-bond acceptors (Lipinski definition) is 3. The van der Waals surface area contributed by atoms with E-state index in [0.717, 1.165) is 58.4 Å². The molecule has 4 heterocycles. The monoisotopic (exact) mass is 729 g/mol. The van der Waals surface area contributed by atoms with E-state index in [1.54, 1.807) is 6.20 Å². The number of fused-ring (bicyclic) bond motifs is 4. The Morgan fingerprint density at radius 2 is 1.71 bits per heavy atom. The quantitative estimate of drug-likeness (QED) is 0.132. The zero-order chi connectivity index (χ0) is 28.3.